The molecule has 1 aliphatic heterocycles. The van der Waals surface area contributed by atoms with Gasteiger partial charge in [-0.1, -0.05) is 57.7 Å². The number of likely N-dealkylation sites (tertiary alicyclic amines) is 1. The summed E-state index contributed by atoms with van der Waals surface area (Å²) in [4.78, 5) is 52.9. The van der Waals surface area contributed by atoms with Gasteiger partial charge in [-0.2, -0.15) is 0 Å². The third-order valence-corrected chi connectivity index (χ3v) is 12.0. The van der Waals surface area contributed by atoms with E-state index in [2.05, 4.69) is 40.4 Å². The fourth-order valence-electron chi connectivity index (χ4n) is 4.63. The van der Waals surface area contributed by atoms with Gasteiger partial charge in [-0.3, -0.25) is 19.3 Å². The van der Waals surface area contributed by atoms with Crippen molar-refractivity contribution in [2.24, 2.45) is 11.8 Å². The number of hydrogen-bond donors (Lipinski definition) is 0. The van der Waals surface area contributed by atoms with Crippen molar-refractivity contribution in [3.8, 4) is 0 Å². The second-order valence-electron chi connectivity index (χ2n) is 10.7. The molecule has 8 heteroatoms. The first kappa shape index (κ1) is 26.0. The molecule has 34 heavy (non-hydrogen) atoms. The van der Waals surface area contributed by atoms with Crippen molar-refractivity contribution in [1.82, 2.24) is 4.90 Å². The van der Waals surface area contributed by atoms with E-state index in [1.54, 1.807) is 12.1 Å². The first-order chi connectivity index (χ1) is 15.8. The maximum absolute atomic E-state index is 13.5. The number of ketones is 1. The van der Waals surface area contributed by atoms with Crippen molar-refractivity contribution >= 4 is 31.9 Å². The first-order valence-electron chi connectivity index (χ1n) is 11.8. The Labute approximate surface area is 202 Å². The molecule has 0 saturated carbocycles. The highest BCUT2D eigenvalue weighted by Gasteiger charge is 2.60. The molecule has 0 spiro atoms. The zero-order chi connectivity index (χ0) is 25.4. The monoisotopic (exact) mass is 485 g/mol. The fourth-order valence-corrected chi connectivity index (χ4v) is 6.06. The molecule has 1 heterocycles. The zero-order valence-corrected chi connectivity index (χ0v) is 21.9. The summed E-state index contributed by atoms with van der Waals surface area (Å²) in [6.07, 6.45) is 1.99. The molecule has 2 aliphatic rings. The van der Waals surface area contributed by atoms with Crippen LogP contribution in [-0.2, 0) is 30.0 Å². The first-order valence-corrected chi connectivity index (χ1v) is 14.7. The highest BCUT2D eigenvalue weighted by atomic mass is 28.4. The third kappa shape index (κ3) is 4.66. The summed E-state index contributed by atoms with van der Waals surface area (Å²) in [5, 5.41) is -0.0762. The molecule has 4 atom stereocenters. The minimum atomic E-state index is -2.23. The smallest absolute Gasteiger partial charge is 0.397 e. The van der Waals surface area contributed by atoms with Gasteiger partial charge in [0.15, 0.2) is 14.1 Å². The average molecular weight is 486 g/mol. The van der Waals surface area contributed by atoms with Gasteiger partial charge in [-0.05, 0) is 43.5 Å². The van der Waals surface area contributed by atoms with Crippen LogP contribution in [0.25, 0.3) is 0 Å². The maximum Gasteiger partial charge on any atom is 0.397 e. The van der Waals surface area contributed by atoms with Gasteiger partial charge in [0.25, 0.3) is 0 Å². The van der Waals surface area contributed by atoms with Crippen LogP contribution in [0.2, 0.25) is 18.1 Å². The van der Waals surface area contributed by atoms with Crippen LogP contribution < -0.4 is 0 Å². The lowest BCUT2D eigenvalue weighted by molar-refractivity contribution is -0.181. The van der Waals surface area contributed by atoms with Gasteiger partial charge in [0.05, 0.1) is 18.1 Å². The number of Topliss-reactive ketones (excluding diaryl/α,β-unsaturated/α-hetero) is 1. The normalized spacial score (nSPS) is 23.6. The summed E-state index contributed by atoms with van der Waals surface area (Å²) in [7, 11) is -2.23. The van der Waals surface area contributed by atoms with Crippen LogP contribution in [0.5, 0.6) is 0 Å². The molecule has 1 aromatic rings. The van der Waals surface area contributed by atoms with Gasteiger partial charge in [0, 0.05) is 11.5 Å². The van der Waals surface area contributed by atoms with E-state index in [9.17, 15) is 19.2 Å². The van der Waals surface area contributed by atoms with Gasteiger partial charge in [-0.15, -0.1) is 0 Å². The SMILES string of the molecule is C=CCOC(=O)C(=O)N1C(=O)[C@H]([C@@H](C)O[Si](C)(C)C(C)(C)C)[C@H]1[C@H]1CCc2ccccc2C1=O. The number of hydrogen-bond acceptors (Lipinski definition) is 6. The van der Waals surface area contributed by atoms with Crippen LogP contribution in [0.15, 0.2) is 36.9 Å². The second kappa shape index (κ2) is 9.58. The van der Waals surface area contributed by atoms with E-state index in [4.69, 9.17) is 9.16 Å². The molecule has 0 unspecified atom stereocenters. The van der Waals surface area contributed by atoms with E-state index in [0.717, 1.165) is 10.5 Å². The van der Waals surface area contributed by atoms with Crippen molar-refractivity contribution in [1.29, 1.82) is 0 Å². The molecule has 1 fully saturated rings. The van der Waals surface area contributed by atoms with Gasteiger partial charge < -0.3 is 9.16 Å². The summed E-state index contributed by atoms with van der Waals surface area (Å²) < 4.78 is 11.4. The molecule has 0 N–H and O–H groups in total. The summed E-state index contributed by atoms with van der Waals surface area (Å²) in [6.45, 7) is 15.7. The zero-order valence-electron chi connectivity index (χ0n) is 20.9. The molecular formula is C26H35NO6Si. The molecule has 0 radical (unpaired) electrons. The van der Waals surface area contributed by atoms with E-state index in [1.165, 1.54) is 6.08 Å². The quantitative estimate of drug-likeness (QED) is 0.199. The van der Waals surface area contributed by atoms with Crippen LogP contribution in [0.3, 0.4) is 0 Å². The summed E-state index contributed by atoms with van der Waals surface area (Å²) >= 11 is 0. The number of imide groups is 1. The topological polar surface area (TPSA) is 90.0 Å². The Morgan fingerprint density at radius 2 is 1.88 bits per heavy atom. The highest BCUT2D eigenvalue weighted by molar-refractivity contribution is 6.74. The second-order valence-corrected chi connectivity index (χ2v) is 15.4. The largest absolute Gasteiger partial charge is 0.454 e. The predicted molar refractivity (Wildman–Crippen MR) is 131 cm³/mol. The fraction of sp³-hybridized carbons (Fsp3) is 0.538. The molecular weight excluding hydrogens is 450 g/mol. The third-order valence-electron chi connectivity index (χ3n) is 7.46. The van der Waals surface area contributed by atoms with Crippen molar-refractivity contribution < 1.29 is 28.3 Å². The molecule has 1 aliphatic carbocycles. The predicted octanol–water partition coefficient (Wildman–Crippen LogP) is 3.92. The van der Waals surface area contributed by atoms with Crippen LogP contribution in [-0.4, -0.2) is 55.5 Å². The lowest BCUT2D eigenvalue weighted by atomic mass is 9.69. The number of β-lactam (4-membered cyclic amide) rings is 1. The van der Waals surface area contributed by atoms with Crippen molar-refractivity contribution in [3.05, 3.63) is 48.0 Å². The van der Waals surface area contributed by atoms with E-state index >= 15 is 0 Å². The Kier molecular flexibility index (Phi) is 7.33. The number of benzene rings is 1. The number of carbonyl (C=O) groups excluding carboxylic acids is 4. The number of esters is 1. The van der Waals surface area contributed by atoms with Crippen LogP contribution in [0.1, 0.15) is 50.0 Å². The van der Waals surface area contributed by atoms with Gasteiger partial charge in [0.1, 0.15) is 6.61 Å². The molecule has 7 nitrogen and oxygen atoms in total. The van der Waals surface area contributed by atoms with Crippen LogP contribution >= 0.6 is 0 Å². The van der Waals surface area contributed by atoms with Gasteiger partial charge >= 0.3 is 11.9 Å². The van der Waals surface area contributed by atoms with E-state index in [0.29, 0.717) is 18.4 Å². The van der Waals surface area contributed by atoms with Crippen molar-refractivity contribution in [3.63, 3.8) is 0 Å². The molecule has 0 aromatic heterocycles. The number of ether oxygens (including phenoxy) is 1. The molecule has 1 aromatic carbocycles. The number of carbonyl (C=O) groups is 4. The van der Waals surface area contributed by atoms with Crippen molar-refractivity contribution in [2.45, 2.75) is 70.8 Å². The molecule has 0 bridgehead atoms. The summed E-state index contributed by atoms with van der Waals surface area (Å²) in [5.74, 6) is -4.06. The summed E-state index contributed by atoms with van der Waals surface area (Å²) in [6, 6.07) is 6.64. The number of amides is 2. The molecule has 2 amide bonds. The minimum Gasteiger partial charge on any atom is -0.454 e. The Bertz CT molecular complexity index is 1010. The van der Waals surface area contributed by atoms with Crippen molar-refractivity contribution in [2.75, 3.05) is 6.61 Å². The lowest BCUT2D eigenvalue weighted by Crippen LogP contribution is -2.71. The van der Waals surface area contributed by atoms with E-state index < -0.39 is 50.1 Å². The minimum absolute atomic E-state index is 0.0762. The lowest BCUT2D eigenvalue weighted by Gasteiger charge is -2.52. The van der Waals surface area contributed by atoms with Crippen LogP contribution in [0.4, 0.5) is 0 Å². The number of fused-ring (bicyclic) bond motifs is 1. The Morgan fingerprint density at radius 1 is 1.24 bits per heavy atom. The van der Waals surface area contributed by atoms with E-state index in [1.807, 2.05) is 19.1 Å². The highest BCUT2D eigenvalue weighted by Crippen LogP contribution is 2.44. The standard InChI is InChI=1S/C26H35NO6Si/c1-8-15-32-25(31)24(30)27-21(19-14-13-17-11-9-10-12-18(17)22(19)28)20(23(27)29)16(2)33-34(6,7)26(3,4)5/h8-12,16,19-21H,1,13-15H2,2-7H3/t16-,19-,20-,21-/m1/s1. The van der Waals surface area contributed by atoms with Crippen LogP contribution in [0, 0.1) is 11.8 Å². The molecule has 1 saturated heterocycles. The number of aryl methyl sites for hydroxylation is 1. The average Bonchev–Trinajstić information content (AvgIpc) is 2.75. The molecule has 184 valence electrons. The Hall–Kier alpha value is -2.58. The molecule has 3 rings (SSSR count). The van der Waals surface area contributed by atoms with Gasteiger partial charge in [-0.25, -0.2) is 4.79 Å². The maximum atomic E-state index is 13.5. The Morgan fingerprint density at radius 3 is 2.50 bits per heavy atom. The summed E-state index contributed by atoms with van der Waals surface area (Å²) in [5.41, 5.74) is 1.57. The number of nitrogens with zero attached hydrogens (tertiary/aromatic N) is 1. The van der Waals surface area contributed by atoms with E-state index in [-0.39, 0.29) is 17.4 Å². The van der Waals surface area contributed by atoms with Gasteiger partial charge in [0.2, 0.25) is 5.91 Å². The Balaban J connectivity index is 1.94. The number of rotatable bonds is 6.